The molecule has 0 unspecified atom stereocenters. The van der Waals surface area contributed by atoms with Crippen LogP contribution in [-0.2, 0) is 43.0 Å². The molecule has 0 aromatic heterocycles. The van der Waals surface area contributed by atoms with Gasteiger partial charge in [-0.1, -0.05) is 0 Å². The summed E-state index contributed by atoms with van der Waals surface area (Å²) in [7, 11) is 0. The molecule has 1 amide bonds. The lowest BCUT2D eigenvalue weighted by Crippen LogP contribution is -2.67. The van der Waals surface area contributed by atoms with Gasteiger partial charge in [0.05, 0.1) is 0 Å². The molecule has 1 rings (SSSR count). The Morgan fingerprint density at radius 1 is 0.960 bits per heavy atom. The Bertz CT molecular complexity index is 524. The van der Waals surface area contributed by atoms with E-state index in [9.17, 15) is 19.2 Å². The number of hydrogen-bond donors (Lipinski definition) is 2. The van der Waals surface area contributed by atoms with Gasteiger partial charge in [0.2, 0.25) is 12.2 Å². The van der Waals surface area contributed by atoms with Crippen molar-refractivity contribution in [2.45, 2.75) is 58.3 Å². The molecule has 1 aliphatic rings. The molecule has 1 heterocycles. The second kappa shape index (κ2) is 9.30. The number of hydrogen-bond acceptors (Lipinski definition) is 10. The van der Waals surface area contributed by atoms with Crippen LogP contribution in [0.3, 0.4) is 0 Å². The van der Waals surface area contributed by atoms with E-state index in [2.05, 4.69) is 5.32 Å². The highest BCUT2D eigenvalue weighted by Crippen LogP contribution is 2.27. The first kappa shape index (κ1) is 20.8. The minimum absolute atomic E-state index is 0.308. The maximum Gasteiger partial charge on any atom is 0.303 e. The van der Waals surface area contributed by atoms with E-state index in [1.54, 1.807) is 0 Å². The van der Waals surface area contributed by atoms with Gasteiger partial charge >= 0.3 is 17.9 Å². The quantitative estimate of drug-likeness (QED) is 0.325. The fourth-order valence-electron chi connectivity index (χ4n) is 2.41. The van der Waals surface area contributed by atoms with Gasteiger partial charge in [0.25, 0.3) is 0 Å². The molecular weight excluding hydrogens is 340 g/mol. The van der Waals surface area contributed by atoms with Crippen LogP contribution in [0.15, 0.2) is 0 Å². The molecule has 0 aliphatic carbocycles. The summed E-state index contributed by atoms with van der Waals surface area (Å²) in [6.07, 6.45) is -4.60. The normalized spacial score (nSPS) is 28.6. The lowest BCUT2D eigenvalue weighted by molar-refractivity contribution is -0.279. The summed E-state index contributed by atoms with van der Waals surface area (Å²) < 4.78 is 20.8. The third-order valence-corrected chi connectivity index (χ3v) is 3.21. The standard InChI is InChI=1S/C14H22N2O9/c1-6(17)16-11-13(23-9(4)20)12(22-8(3)19)10(5-21-7(2)18)24-14(11)25-15/h10-14H,5,15H2,1-4H3,(H,16,17)/t10-,11-,12+,13-,14+/m1/s1. The van der Waals surface area contributed by atoms with Gasteiger partial charge < -0.3 is 24.3 Å². The third-order valence-electron chi connectivity index (χ3n) is 3.21. The molecule has 11 heteroatoms. The number of nitrogens with one attached hydrogen (secondary N) is 1. The minimum Gasteiger partial charge on any atom is -0.463 e. The summed E-state index contributed by atoms with van der Waals surface area (Å²) in [6.45, 7) is 4.39. The summed E-state index contributed by atoms with van der Waals surface area (Å²) in [5.74, 6) is 2.74. The van der Waals surface area contributed by atoms with E-state index in [1.807, 2.05) is 0 Å². The van der Waals surface area contributed by atoms with E-state index in [4.69, 9.17) is 29.7 Å². The van der Waals surface area contributed by atoms with E-state index in [0.29, 0.717) is 0 Å². The number of rotatable bonds is 6. The van der Waals surface area contributed by atoms with Crippen molar-refractivity contribution in [2.75, 3.05) is 6.61 Å². The Kier molecular flexibility index (Phi) is 7.74. The number of carbonyl (C=O) groups excluding carboxylic acids is 4. The molecule has 0 saturated carbocycles. The topological polar surface area (TPSA) is 152 Å². The van der Waals surface area contributed by atoms with E-state index in [0.717, 1.165) is 13.8 Å². The molecule has 0 radical (unpaired) electrons. The Morgan fingerprint density at radius 2 is 1.52 bits per heavy atom. The summed E-state index contributed by atoms with van der Waals surface area (Å²) in [5.41, 5.74) is 0. The first-order valence-electron chi connectivity index (χ1n) is 7.41. The van der Waals surface area contributed by atoms with Gasteiger partial charge in [-0.25, -0.2) is 5.90 Å². The molecule has 1 aliphatic heterocycles. The molecule has 142 valence electrons. The number of nitrogens with two attached hydrogens (primary N) is 1. The van der Waals surface area contributed by atoms with Gasteiger partial charge in [-0.2, -0.15) is 0 Å². The summed E-state index contributed by atoms with van der Waals surface area (Å²) in [5, 5.41) is 2.48. The van der Waals surface area contributed by atoms with Crippen molar-refractivity contribution in [1.82, 2.24) is 5.32 Å². The maximum atomic E-state index is 11.5. The second-order valence-corrected chi connectivity index (χ2v) is 5.36. The van der Waals surface area contributed by atoms with Crippen LogP contribution in [0.25, 0.3) is 0 Å². The first-order chi connectivity index (χ1) is 11.6. The van der Waals surface area contributed by atoms with E-state index < -0.39 is 54.5 Å². The molecule has 3 N–H and O–H groups in total. The van der Waals surface area contributed by atoms with E-state index >= 15 is 0 Å². The van der Waals surface area contributed by atoms with Crippen LogP contribution in [0, 0.1) is 0 Å². The number of esters is 3. The fourth-order valence-corrected chi connectivity index (χ4v) is 2.41. The lowest BCUT2D eigenvalue weighted by atomic mass is 9.96. The van der Waals surface area contributed by atoms with Crippen LogP contribution in [-0.4, -0.2) is 61.1 Å². The van der Waals surface area contributed by atoms with Gasteiger partial charge in [-0.05, 0) is 0 Å². The predicted molar refractivity (Wildman–Crippen MR) is 79.3 cm³/mol. The van der Waals surface area contributed by atoms with Gasteiger partial charge in [0, 0.05) is 27.7 Å². The SMILES string of the molecule is CC(=O)N[C@H]1[C@H](ON)O[C@H](COC(C)=O)[C@H](OC(C)=O)[C@@H]1OC(C)=O. The van der Waals surface area contributed by atoms with Crippen molar-refractivity contribution < 1.29 is 43.0 Å². The van der Waals surface area contributed by atoms with Crippen molar-refractivity contribution >= 4 is 23.8 Å². The monoisotopic (exact) mass is 362 g/mol. The minimum atomic E-state index is -1.24. The molecule has 1 fully saturated rings. The van der Waals surface area contributed by atoms with Crippen LogP contribution < -0.4 is 11.2 Å². The maximum absolute atomic E-state index is 11.5. The highest BCUT2D eigenvalue weighted by molar-refractivity contribution is 5.73. The Balaban J connectivity index is 3.18. The zero-order chi connectivity index (χ0) is 19.1. The summed E-state index contributed by atoms with van der Waals surface area (Å²) in [6, 6.07) is -1.05. The van der Waals surface area contributed by atoms with Gasteiger partial charge in [0.15, 0.2) is 12.2 Å². The second-order valence-electron chi connectivity index (χ2n) is 5.36. The number of amides is 1. The van der Waals surface area contributed by atoms with Crippen molar-refractivity contribution in [3.8, 4) is 0 Å². The fraction of sp³-hybridized carbons (Fsp3) is 0.714. The Labute approximate surface area is 144 Å². The van der Waals surface area contributed by atoms with E-state index in [-0.39, 0.29) is 6.61 Å². The van der Waals surface area contributed by atoms with Crippen LogP contribution in [0.1, 0.15) is 27.7 Å². The summed E-state index contributed by atoms with van der Waals surface area (Å²) in [4.78, 5) is 50.1. The third kappa shape index (κ3) is 6.29. The van der Waals surface area contributed by atoms with Crippen LogP contribution in [0.5, 0.6) is 0 Å². The largest absolute Gasteiger partial charge is 0.463 e. The van der Waals surface area contributed by atoms with Crippen molar-refractivity contribution in [2.24, 2.45) is 5.90 Å². The van der Waals surface area contributed by atoms with Crippen LogP contribution in [0.4, 0.5) is 0 Å². The molecule has 0 aromatic rings. The van der Waals surface area contributed by atoms with Crippen molar-refractivity contribution in [3.63, 3.8) is 0 Å². The van der Waals surface area contributed by atoms with Crippen molar-refractivity contribution in [3.05, 3.63) is 0 Å². The van der Waals surface area contributed by atoms with Gasteiger partial charge in [-0.15, -0.1) is 0 Å². The number of ether oxygens (including phenoxy) is 4. The highest BCUT2D eigenvalue weighted by Gasteiger charge is 2.51. The molecule has 5 atom stereocenters. The number of carbonyl (C=O) groups is 4. The Hall–Kier alpha value is -2.24. The van der Waals surface area contributed by atoms with Crippen molar-refractivity contribution in [1.29, 1.82) is 0 Å². The van der Waals surface area contributed by atoms with E-state index in [1.165, 1.54) is 13.8 Å². The van der Waals surface area contributed by atoms with Gasteiger partial charge in [0.1, 0.15) is 18.8 Å². The average molecular weight is 362 g/mol. The Morgan fingerprint density at radius 3 is 1.96 bits per heavy atom. The predicted octanol–water partition coefficient (Wildman–Crippen LogP) is -1.47. The highest BCUT2D eigenvalue weighted by atomic mass is 16.8. The van der Waals surface area contributed by atoms with Gasteiger partial charge in [-0.3, -0.25) is 24.0 Å². The smallest absolute Gasteiger partial charge is 0.303 e. The molecule has 0 bridgehead atoms. The lowest BCUT2D eigenvalue weighted by Gasteiger charge is -2.44. The molecule has 0 spiro atoms. The molecule has 0 aromatic carbocycles. The zero-order valence-corrected chi connectivity index (χ0v) is 14.3. The zero-order valence-electron chi connectivity index (χ0n) is 14.3. The van der Waals surface area contributed by atoms with Crippen LogP contribution >= 0.6 is 0 Å². The molecule has 1 saturated heterocycles. The molecular formula is C14H22N2O9. The molecule has 25 heavy (non-hydrogen) atoms. The average Bonchev–Trinajstić information content (AvgIpc) is 2.48. The first-order valence-corrected chi connectivity index (χ1v) is 7.41. The molecule has 11 nitrogen and oxygen atoms in total. The van der Waals surface area contributed by atoms with Crippen LogP contribution in [0.2, 0.25) is 0 Å². The summed E-state index contributed by atoms with van der Waals surface area (Å²) >= 11 is 0.